The van der Waals surface area contributed by atoms with E-state index in [1.807, 2.05) is 0 Å². The number of rotatable bonds is 5. The molecule has 0 aliphatic carbocycles. The van der Waals surface area contributed by atoms with Crippen LogP contribution in [0, 0.1) is 5.92 Å². The normalized spacial score (nSPS) is 23.3. The Hall–Kier alpha value is -0.560. The van der Waals surface area contributed by atoms with E-state index in [2.05, 4.69) is 59.6 Å². The number of nitrogens with zero attached hydrogens (tertiary/aromatic N) is 1. The molecule has 0 radical (unpaired) electrons. The van der Waals surface area contributed by atoms with Gasteiger partial charge in [-0.25, -0.2) is 0 Å². The van der Waals surface area contributed by atoms with Gasteiger partial charge in [0.1, 0.15) is 0 Å². The minimum Gasteiger partial charge on any atom is -0.293 e. The molecule has 1 saturated heterocycles. The number of likely N-dealkylation sites (tertiary alicyclic amines) is 1. The van der Waals surface area contributed by atoms with Crippen LogP contribution in [-0.2, 0) is 0 Å². The third kappa shape index (κ3) is 3.95. The van der Waals surface area contributed by atoms with Crippen LogP contribution in [0.5, 0.6) is 0 Å². The molecule has 1 aliphatic heterocycles. The molecule has 0 aromatic heterocycles. The lowest BCUT2D eigenvalue weighted by molar-refractivity contribution is -0.0507. The summed E-state index contributed by atoms with van der Waals surface area (Å²) in [6.45, 7) is 23.4. The Morgan fingerprint density at radius 1 is 1.11 bits per heavy atom. The summed E-state index contributed by atoms with van der Waals surface area (Å²) in [6.07, 6.45) is 4.88. The number of allylic oxidation sites excluding steroid dienone is 2. The molecule has 1 rings (SSSR count). The second-order valence-electron chi connectivity index (χ2n) is 7.64. The maximum absolute atomic E-state index is 4.19. The zero-order chi connectivity index (χ0) is 14.8. The lowest BCUT2D eigenvalue weighted by Gasteiger charge is -2.55. The minimum absolute atomic E-state index is 0.289. The third-order valence-corrected chi connectivity index (χ3v) is 4.62. The zero-order valence-corrected chi connectivity index (χ0v) is 14.0. The van der Waals surface area contributed by atoms with Gasteiger partial charge in [0, 0.05) is 11.1 Å². The zero-order valence-electron chi connectivity index (χ0n) is 14.0. The van der Waals surface area contributed by atoms with Gasteiger partial charge in [0.15, 0.2) is 0 Å². The van der Waals surface area contributed by atoms with Crippen molar-refractivity contribution < 1.29 is 0 Å². The highest BCUT2D eigenvalue weighted by atomic mass is 15.3. The molecular formula is C18H33N. The highest BCUT2D eigenvalue weighted by Crippen LogP contribution is 2.43. The first kappa shape index (κ1) is 16.5. The van der Waals surface area contributed by atoms with Crippen molar-refractivity contribution in [2.24, 2.45) is 5.92 Å². The van der Waals surface area contributed by atoms with Gasteiger partial charge in [0.25, 0.3) is 0 Å². The highest BCUT2D eigenvalue weighted by Gasteiger charge is 2.44. The Bertz CT molecular complexity index is 331. The first-order chi connectivity index (χ1) is 8.60. The fraction of sp³-hybridized carbons (Fsp3) is 0.778. The first-order valence-corrected chi connectivity index (χ1v) is 7.71. The summed E-state index contributed by atoms with van der Waals surface area (Å²) >= 11 is 0. The smallest absolute Gasteiger partial charge is 0.0161 e. The molecule has 1 nitrogen and oxygen atoms in total. The largest absolute Gasteiger partial charge is 0.293 e. The maximum atomic E-state index is 4.19. The van der Waals surface area contributed by atoms with E-state index < -0.39 is 0 Å². The van der Waals surface area contributed by atoms with Gasteiger partial charge in [-0.05, 0) is 72.8 Å². The summed E-state index contributed by atoms with van der Waals surface area (Å²) in [6, 6.07) is 0. The summed E-state index contributed by atoms with van der Waals surface area (Å²) in [5.41, 5.74) is 2.96. The Kier molecular flexibility index (Phi) is 5.06. The maximum Gasteiger partial charge on any atom is 0.0161 e. The summed E-state index contributed by atoms with van der Waals surface area (Å²) in [5.74, 6) is 0.738. The second-order valence-corrected chi connectivity index (χ2v) is 7.64. The van der Waals surface area contributed by atoms with E-state index in [1.54, 1.807) is 0 Å². The Balaban J connectivity index is 2.84. The average Bonchev–Trinajstić information content (AvgIpc) is 2.22. The molecule has 1 heterocycles. The van der Waals surface area contributed by atoms with Gasteiger partial charge in [-0.15, -0.1) is 0 Å². The van der Waals surface area contributed by atoms with Crippen molar-refractivity contribution in [3.05, 3.63) is 24.3 Å². The molecule has 1 fully saturated rings. The van der Waals surface area contributed by atoms with Crippen molar-refractivity contribution in [1.82, 2.24) is 4.90 Å². The van der Waals surface area contributed by atoms with Gasteiger partial charge in [0.2, 0.25) is 0 Å². The van der Waals surface area contributed by atoms with Gasteiger partial charge in [0.05, 0.1) is 0 Å². The SMILES string of the molecule is C=C(C)C(=C)CC1CC(C)(C)N(CCC)C(C)(C)C1. The van der Waals surface area contributed by atoms with E-state index >= 15 is 0 Å². The highest BCUT2D eigenvalue weighted by molar-refractivity contribution is 5.23. The van der Waals surface area contributed by atoms with Crippen LogP contribution in [0.15, 0.2) is 24.3 Å². The van der Waals surface area contributed by atoms with E-state index in [-0.39, 0.29) is 11.1 Å². The molecule has 0 aromatic carbocycles. The topological polar surface area (TPSA) is 3.24 Å². The van der Waals surface area contributed by atoms with Crippen molar-refractivity contribution in [3.8, 4) is 0 Å². The number of hydrogen-bond donors (Lipinski definition) is 0. The molecule has 110 valence electrons. The third-order valence-electron chi connectivity index (χ3n) is 4.62. The predicted molar refractivity (Wildman–Crippen MR) is 86.5 cm³/mol. The lowest BCUT2D eigenvalue weighted by atomic mass is 9.71. The lowest BCUT2D eigenvalue weighted by Crippen LogP contribution is -2.60. The molecule has 19 heavy (non-hydrogen) atoms. The predicted octanol–water partition coefficient (Wildman–Crippen LogP) is 5.19. The summed E-state index contributed by atoms with van der Waals surface area (Å²) in [5, 5.41) is 0. The molecule has 1 aliphatic rings. The van der Waals surface area contributed by atoms with Gasteiger partial charge in [-0.3, -0.25) is 4.90 Å². The molecule has 1 heteroatoms. The van der Waals surface area contributed by atoms with Crippen LogP contribution in [0.3, 0.4) is 0 Å². The molecular weight excluding hydrogens is 230 g/mol. The molecule has 0 N–H and O–H groups in total. The van der Waals surface area contributed by atoms with Crippen molar-refractivity contribution in [3.63, 3.8) is 0 Å². The quantitative estimate of drug-likeness (QED) is 0.617. The van der Waals surface area contributed by atoms with Crippen LogP contribution in [-0.4, -0.2) is 22.5 Å². The van der Waals surface area contributed by atoms with Crippen molar-refractivity contribution in [2.45, 2.75) is 78.3 Å². The van der Waals surface area contributed by atoms with Gasteiger partial charge in [-0.1, -0.05) is 31.2 Å². The van der Waals surface area contributed by atoms with E-state index in [4.69, 9.17) is 0 Å². The van der Waals surface area contributed by atoms with Crippen molar-refractivity contribution in [1.29, 1.82) is 0 Å². The van der Waals surface area contributed by atoms with Crippen LogP contribution < -0.4 is 0 Å². The van der Waals surface area contributed by atoms with E-state index in [1.165, 1.54) is 31.4 Å². The Labute approximate surface area is 120 Å². The van der Waals surface area contributed by atoms with Gasteiger partial charge in [-0.2, -0.15) is 0 Å². The summed E-state index contributed by atoms with van der Waals surface area (Å²) in [4.78, 5) is 2.71. The van der Waals surface area contributed by atoms with E-state index in [0.717, 1.165) is 17.9 Å². The first-order valence-electron chi connectivity index (χ1n) is 7.71. The van der Waals surface area contributed by atoms with Crippen LogP contribution in [0.2, 0.25) is 0 Å². The van der Waals surface area contributed by atoms with Crippen LogP contribution in [0.1, 0.15) is 67.2 Å². The molecule has 0 saturated carbocycles. The minimum atomic E-state index is 0.289. The second kappa shape index (κ2) is 5.83. The molecule has 0 aromatic rings. The van der Waals surface area contributed by atoms with Crippen molar-refractivity contribution in [2.75, 3.05) is 6.54 Å². The standard InChI is InChI=1S/C18H33N/c1-9-10-19-17(5,6)12-16(13-18(19,7)8)11-15(4)14(2)3/h16H,2,4,9-13H2,1,3,5-8H3. The summed E-state index contributed by atoms with van der Waals surface area (Å²) in [7, 11) is 0. The molecule has 0 bridgehead atoms. The molecule has 0 amide bonds. The van der Waals surface area contributed by atoms with E-state index in [0.29, 0.717) is 0 Å². The molecule has 0 atom stereocenters. The summed E-state index contributed by atoms with van der Waals surface area (Å²) < 4.78 is 0. The average molecular weight is 263 g/mol. The Morgan fingerprint density at radius 2 is 1.58 bits per heavy atom. The van der Waals surface area contributed by atoms with Gasteiger partial charge >= 0.3 is 0 Å². The fourth-order valence-corrected chi connectivity index (χ4v) is 4.02. The fourth-order valence-electron chi connectivity index (χ4n) is 4.02. The van der Waals surface area contributed by atoms with E-state index in [9.17, 15) is 0 Å². The Morgan fingerprint density at radius 3 is 1.95 bits per heavy atom. The van der Waals surface area contributed by atoms with Gasteiger partial charge < -0.3 is 0 Å². The van der Waals surface area contributed by atoms with Crippen molar-refractivity contribution >= 4 is 0 Å². The van der Waals surface area contributed by atoms with Crippen LogP contribution in [0.25, 0.3) is 0 Å². The van der Waals surface area contributed by atoms with Crippen LogP contribution >= 0.6 is 0 Å². The number of hydrogen-bond acceptors (Lipinski definition) is 1. The molecule has 0 unspecified atom stereocenters. The molecule has 0 spiro atoms. The number of piperidine rings is 1. The van der Waals surface area contributed by atoms with Crippen LogP contribution in [0.4, 0.5) is 0 Å². The monoisotopic (exact) mass is 263 g/mol.